The molecule has 0 fully saturated rings. The Balaban J connectivity index is 2.51. The molecule has 16 heavy (non-hydrogen) atoms. The molecular formula is C13H20N2O. The van der Waals surface area contributed by atoms with E-state index in [1.807, 2.05) is 18.3 Å². The molecule has 0 aliphatic carbocycles. The second-order valence-corrected chi connectivity index (χ2v) is 4.28. The summed E-state index contributed by atoms with van der Waals surface area (Å²) in [7, 11) is 0. The quantitative estimate of drug-likeness (QED) is 0.827. The van der Waals surface area contributed by atoms with E-state index in [1.165, 1.54) is 5.56 Å². The molecule has 0 spiro atoms. The van der Waals surface area contributed by atoms with E-state index < -0.39 is 0 Å². The summed E-state index contributed by atoms with van der Waals surface area (Å²) in [6.45, 7) is 6.32. The zero-order chi connectivity index (χ0) is 12.0. The summed E-state index contributed by atoms with van der Waals surface area (Å²) in [4.78, 5) is 15.7. The summed E-state index contributed by atoms with van der Waals surface area (Å²) < 4.78 is 0. The first-order valence-corrected chi connectivity index (χ1v) is 5.89. The van der Waals surface area contributed by atoms with Crippen molar-refractivity contribution in [1.29, 1.82) is 0 Å². The number of carbonyl (C=O) groups excluding carboxylic acids is 1. The van der Waals surface area contributed by atoms with Crippen molar-refractivity contribution < 1.29 is 4.79 Å². The average molecular weight is 220 g/mol. The lowest BCUT2D eigenvalue weighted by Crippen LogP contribution is -2.12. The van der Waals surface area contributed by atoms with Gasteiger partial charge >= 0.3 is 0 Å². The molecule has 0 bridgehead atoms. The molecule has 0 aromatic carbocycles. The first kappa shape index (κ1) is 12.7. The van der Waals surface area contributed by atoms with Gasteiger partial charge in [0.2, 0.25) is 5.91 Å². The third-order valence-corrected chi connectivity index (χ3v) is 2.48. The van der Waals surface area contributed by atoms with E-state index in [2.05, 4.69) is 31.1 Å². The number of carbonyl (C=O) groups is 1. The van der Waals surface area contributed by atoms with Gasteiger partial charge in [-0.3, -0.25) is 4.79 Å². The lowest BCUT2D eigenvalue weighted by molar-refractivity contribution is -0.116. The number of aromatic nitrogens is 1. The van der Waals surface area contributed by atoms with Gasteiger partial charge in [-0.15, -0.1) is 0 Å². The van der Waals surface area contributed by atoms with E-state index >= 15 is 0 Å². The molecule has 0 saturated heterocycles. The zero-order valence-corrected chi connectivity index (χ0v) is 10.3. The molecule has 0 aliphatic heterocycles. The molecule has 1 heterocycles. The van der Waals surface area contributed by atoms with Crippen molar-refractivity contribution in [2.24, 2.45) is 0 Å². The predicted octanol–water partition coefficient (Wildman–Crippen LogP) is 3.33. The molecule has 1 N–H and O–H groups in total. The maximum Gasteiger partial charge on any atom is 0.225 e. The van der Waals surface area contributed by atoms with Crippen molar-refractivity contribution in [2.45, 2.75) is 46.0 Å². The van der Waals surface area contributed by atoms with E-state index in [-0.39, 0.29) is 5.91 Å². The van der Waals surface area contributed by atoms with E-state index in [9.17, 15) is 4.79 Å². The van der Waals surface area contributed by atoms with E-state index in [1.54, 1.807) is 0 Å². The number of hydrogen-bond acceptors (Lipinski definition) is 2. The molecule has 0 aliphatic rings. The molecule has 3 nitrogen and oxygen atoms in total. The normalized spacial score (nSPS) is 10.5. The third kappa shape index (κ3) is 4.01. The van der Waals surface area contributed by atoms with E-state index in [4.69, 9.17) is 0 Å². The maximum absolute atomic E-state index is 11.4. The predicted molar refractivity (Wildman–Crippen MR) is 66.5 cm³/mol. The Bertz CT molecular complexity index is 330. The Morgan fingerprint density at radius 3 is 2.69 bits per heavy atom. The maximum atomic E-state index is 11.4. The van der Waals surface area contributed by atoms with E-state index in [0.717, 1.165) is 12.8 Å². The Morgan fingerprint density at radius 2 is 2.19 bits per heavy atom. The number of hydrogen-bond donors (Lipinski definition) is 1. The van der Waals surface area contributed by atoms with E-state index in [0.29, 0.717) is 18.2 Å². The van der Waals surface area contributed by atoms with Crippen LogP contribution >= 0.6 is 0 Å². The molecule has 1 aromatic heterocycles. The van der Waals surface area contributed by atoms with Gasteiger partial charge in [0, 0.05) is 12.6 Å². The van der Waals surface area contributed by atoms with Crippen molar-refractivity contribution in [3.8, 4) is 0 Å². The van der Waals surface area contributed by atoms with Gasteiger partial charge in [-0.05, 0) is 24.0 Å². The highest BCUT2D eigenvalue weighted by molar-refractivity contribution is 5.89. The van der Waals surface area contributed by atoms with Crippen LogP contribution in [0.4, 0.5) is 5.82 Å². The number of nitrogens with zero attached hydrogens (tertiary/aromatic N) is 1. The summed E-state index contributed by atoms with van der Waals surface area (Å²) in [5.74, 6) is 1.16. The van der Waals surface area contributed by atoms with Crippen molar-refractivity contribution in [3.05, 3.63) is 23.9 Å². The fourth-order valence-corrected chi connectivity index (χ4v) is 1.36. The number of nitrogens with one attached hydrogen (secondary N) is 1. The number of anilines is 1. The van der Waals surface area contributed by atoms with Gasteiger partial charge in [0.05, 0.1) is 0 Å². The molecule has 1 aromatic rings. The van der Waals surface area contributed by atoms with Crippen LogP contribution in [0.2, 0.25) is 0 Å². The Kier molecular flexibility index (Phi) is 4.96. The molecule has 3 heteroatoms. The van der Waals surface area contributed by atoms with Gasteiger partial charge in [0.15, 0.2) is 0 Å². The number of pyridine rings is 1. The van der Waals surface area contributed by atoms with Crippen LogP contribution in [0.1, 0.15) is 51.5 Å². The second-order valence-electron chi connectivity index (χ2n) is 4.28. The molecule has 88 valence electrons. The standard InChI is InChI=1S/C13H20N2O/c1-4-5-6-13(16)15-12-8-7-11(9-14-12)10(2)3/h7-10H,4-6H2,1-3H3,(H,14,15,16). The first-order valence-electron chi connectivity index (χ1n) is 5.89. The van der Waals surface area contributed by atoms with Crippen molar-refractivity contribution >= 4 is 11.7 Å². The van der Waals surface area contributed by atoms with Crippen LogP contribution in [0.25, 0.3) is 0 Å². The molecule has 1 amide bonds. The highest BCUT2D eigenvalue weighted by Gasteiger charge is 2.03. The third-order valence-electron chi connectivity index (χ3n) is 2.48. The molecule has 0 radical (unpaired) electrons. The van der Waals surface area contributed by atoms with Gasteiger partial charge in [-0.25, -0.2) is 4.98 Å². The lowest BCUT2D eigenvalue weighted by Gasteiger charge is -2.07. The highest BCUT2D eigenvalue weighted by Crippen LogP contribution is 2.14. The molecule has 1 rings (SSSR count). The minimum absolute atomic E-state index is 0.0478. The SMILES string of the molecule is CCCCC(=O)Nc1ccc(C(C)C)cn1. The molecule has 0 unspecified atom stereocenters. The smallest absolute Gasteiger partial charge is 0.225 e. The summed E-state index contributed by atoms with van der Waals surface area (Å²) in [6.07, 6.45) is 4.35. The molecular weight excluding hydrogens is 200 g/mol. The van der Waals surface area contributed by atoms with Crippen LogP contribution in [0.3, 0.4) is 0 Å². The highest BCUT2D eigenvalue weighted by atomic mass is 16.1. The largest absolute Gasteiger partial charge is 0.311 e. The van der Waals surface area contributed by atoms with Crippen molar-refractivity contribution in [1.82, 2.24) is 4.98 Å². The zero-order valence-electron chi connectivity index (χ0n) is 10.3. The van der Waals surface area contributed by atoms with Crippen LogP contribution in [0.5, 0.6) is 0 Å². The van der Waals surface area contributed by atoms with Gasteiger partial charge in [-0.2, -0.15) is 0 Å². The Hall–Kier alpha value is -1.38. The van der Waals surface area contributed by atoms with Crippen molar-refractivity contribution in [3.63, 3.8) is 0 Å². The van der Waals surface area contributed by atoms with Crippen LogP contribution in [0.15, 0.2) is 18.3 Å². The minimum atomic E-state index is 0.0478. The fourth-order valence-electron chi connectivity index (χ4n) is 1.36. The average Bonchev–Trinajstić information content (AvgIpc) is 2.27. The topological polar surface area (TPSA) is 42.0 Å². The fraction of sp³-hybridized carbons (Fsp3) is 0.538. The minimum Gasteiger partial charge on any atom is -0.311 e. The first-order chi connectivity index (χ1) is 7.63. The summed E-state index contributed by atoms with van der Waals surface area (Å²) in [5.41, 5.74) is 1.19. The number of amides is 1. The second kappa shape index (κ2) is 6.26. The summed E-state index contributed by atoms with van der Waals surface area (Å²) in [6, 6.07) is 3.87. The van der Waals surface area contributed by atoms with Crippen LogP contribution in [-0.2, 0) is 4.79 Å². The molecule has 0 atom stereocenters. The van der Waals surface area contributed by atoms with Crippen molar-refractivity contribution in [2.75, 3.05) is 5.32 Å². The Labute approximate surface area is 97.3 Å². The van der Waals surface area contributed by atoms with Gasteiger partial charge in [0.25, 0.3) is 0 Å². The van der Waals surface area contributed by atoms with Gasteiger partial charge in [0.1, 0.15) is 5.82 Å². The monoisotopic (exact) mass is 220 g/mol. The summed E-state index contributed by atoms with van der Waals surface area (Å²) >= 11 is 0. The Morgan fingerprint density at radius 1 is 1.44 bits per heavy atom. The van der Waals surface area contributed by atoms with Gasteiger partial charge in [-0.1, -0.05) is 33.3 Å². The summed E-state index contributed by atoms with van der Waals surface area (Å²) in [5, 5.41) is 2.79. The molecule has 0 saturated carbocycles. The van der Waals surface area contributed by atoms with Crippen LogP contribution in [0, 0.1) is 0 Å². The number of unbranched alkanes of at least 4 members (excludes halogenated alkanes) is 1. The lowest BCUT2D eigenvalue weighted by atomic mass is 10.1. The van der Waals surface area contributed by atoms with Crippen LogP contribution in [-0.4, -0.2) is 10.9 Å². The van der Waals surface area contributed by atoms with Gasteiger partial charge < -0.3 is 5.32 Å². The van der Waals surface area contributed by atoms with Crippen LogP contribution < -0.4 is 5.32 Å². The number of rotatable bonds is 5.